The van der Waals surface area contributed by atoms with E-state index in [-0.39, 0.29) is 11.1 Å². The van der Waals surface area contributed by atoms with Crippen molar-refractivity contribution in [3.05, 3.63) is 52.7 Å². The number of aromatic hydroxyl groups is 1. The van der Waals surface area contributed by atoms with E-state index in [2.05, 4.69) is 0 Å². The summed E-state index contributed by atoms with van der Waals surface area (Å²) >= 11 is 0. The van der Waals surface area contributed by atoms with Crippen LogP contribution in [0.2, 0.25) is 0 Å². The minimum atomic E-state index is -0.494. The van der Waals surface area contributed by atoms with Gasteiger partial charge in [0, 0.05) is 5.56 Å². The first kappa shape index (κ1) is 14.0. The van der Waals surface area contributed by atoms with E-state index in [0.717, 1.165) is 0 Å². The zero-order chi connectivity index (χ0) is 15.7. The highest BCUT2D eigenvalue weighted by Gasteiger charge is 2.15. The summed E-state index contributed by atoms with van der Waals surface area (Å²) < 4.78 is 15.9. The normalized spacial score (nSPS) is 10.6. The van der Waals surface area contributed by atoms with Gasteiger partial charge in [0.25, 0.3) is 0 Å². The maximum absolute atomic E-state index is 12.3. The first-order valence-electron chi connectivity index (χ1n) is 6.62. The molecule has 0 fully saturated rings. The molecule has 2 aromatic carbocycles. The zero-order valence-electron chi connectivity index (χ0n) is 12.1. The molecule has 1 heterocycles. The van der Waals surface area contributed by atoms with E-state index in [1.54, 1.807) is 49.6 Å². The fourth-order valence-electron chi connectivity index (χ4n) is 2.23. The Kier molecular flexibility index (Phi) is 3.47. The lowest BCUT2D eigenvalue weighted by Crippen LogP contribution is -2.03. The number of hydrogen-bond acceptors (Lipinski definition) is 5. The third kappa shape index (κ3) is 2.26. The van der Waals surface area contributed by atoms with E-state index < -0.39 is 11.2 Å². The topological polar surface area (TPSA) is 68.9 Å². The molecular weight excluding hydrogens is 284 g/mol. The van der Waals surface area contributed by atoms with E-state index in [9.17, 15) is 9.90 Å². The molecule has 3 rings (SSSR count). The average molecular weight is 298 g/mol. The summed E-state index contributed by atoms with van der Waals surface area (Å²) in [4.78, 5) is 12.3. The fraction of sp³-hybridized carbons (Fsp3) is 0.118. The van der Waals surface area contributed by atoms with Gasteiger partial charge in [0.2, 0.25) is 11.2 Å². The van der Waals surface area contributed by atoms with Gasteiger partial charge in [-0.3, -0.25) is 4.79 Å². The van der Waals surface area contributed by atoms with Gasteiger partial charge >= 0.3 is 0 Å². The van der Waals surface area contributed by atoms with Gasteiger partial charge in [0.05, 0.1) is 19.6 Å². The predicted molar refractivity (Wildman–Crippen MR) is 82.7 cm³/mol. The maximum Gasteiger partial charge on any atom is 0.235 e. The van der Waals surface area contributed by atoms with Crippen molar-refractivity contribution in [1.29, 1.82) is 0 Å². The molecule has 1 N–H and O–H groups in total. The van der Waals surface area contributed by atoms with Crippen molar-refractivity contribution in [3.8, 4) is 28.6 Å². The number of methoxy groups -OCH3 is 2. The smallest absolute Gasteiger partial charge is 0.235 e. The predicted octanol–water partition coefficient (Wildman–Crippen LogP) is 3.18. The molecule has 3 aromatic rings. The monoisotopic (exact) mass is 298 g/mol. The third-order valence-electron chi connectivity index (χ3n) is 3.43. The Labute approximate surface area is 126 Å². The Balaban J connectivity index is 2.22. The Morgan fingerprint density at radius 1 is 0.955 bits per heavy atom. The van der Waals surface area contributed by atoms with Crippen LogP contribution in [0.3, 0.4) is 0 Å². The van der Waals surface area contributed by atoms with E-state index in [1.165, 1.54) is 7.11 Å². The summed E-state index contributed by atoms with van der Waals surface area (Å²) in [5, 5.41) is 10.4. The van der Waals surface area contributed by atoms with Gasteiger partial charge in [0.15, 0.2) is 5.76 Å². The Morgan fingerprint density at radius 3 is 2.23 bits per heavy atom. The van der Waals surface area contributed by atoms with Crippen molar-refractivity contribution in [1.82, 2.24) is 0 Å². The molecule has 5 nitrogen and oxygen atoms in total. The molecule has 0 spiro atoms. The molecule has 0 aliphatic carbocycles. The highest BCUT2D eigenvalue weighted by Crippen LogP contribution is 2.31. The Hall–Kier alpha value is -2.95. The van der Waals surface area contributed by atoms with Crippen molar-refractivity contribution in [2.24, 2.45) is 0 Å². The highest BCUT2D eigenvalue weighted by atomic mass is 16.5. The summed E-state index contributed by atoms with van der Waals surface area (Å²) in [5.41, 5.74) is 0.480. The van der Waals surface area contributed by atoms with Gasteiger partial charge in [-0.05, 0) is 42.5 Å². The molecule has 0 amide bonds. The number of rotatable bonds is 3. The second kappa shape index (κ2) is 5.44. The minimum absolute atomic E-state index is 0.130. The van der Waals surface area contributed by atoms with E-state index in [0.29, 0.717) is 22.6 Å². The van der Waals surface area contributed by atoms with E-state index >= 15 is 0 Å². The minimum Gasteiger partial charge on any atom is -0.502 e. The zero-order valence-corrected chi connectivity index (χ0v) is 12.1. The van der Waals surface area contributed by atoms with Crippen molar-refractivity contribution in [3.63, 3.8) is 0 Å². The fourth-order valence-corrected chi connectivity index (χ4v) is 2.23. The molecule has 112 valence electrons. The molecule has 5 heteroatoms. The SMILES string of the molecule is COc1ccc(-c2oc3ccc(OC)cc3c(=O)c2O)cc1. The van der Waals surface area contributed by atoms with Crippen molar-refractivity contribution >= 4 is 11.0 Å². The van der Waals surface area contributed by atoms with Gasteiger partial charge in [-0.15, -0.1) is 0 Å². The lowest BCUT2D eigenvalue weighted by atomic mass is 10.1. The molecule has 0 aliphatic rings. The first-order chi connectivity index (χ1) is 10.6. The van der Waals surface area contributed by atoms with Crippen LogP contribution < -0.4 is 14.9 Å². The number of fused-ring (bicyclic) bond motifs is 1. The van der Waals surface area contributed by atoms with E-state index in [1.807, 2.05) is 0 Å². The van der Waals surface area contributed by atoms with Gasteiger partial charge in [-0.2, -0.15) is 0 Å². The molecule has 0 radical (unpaired) electrons. The van der Waals surface area contributed by atoms with Crippen LogP contribution in [0.25, 0.3) is 22.3 Å². The van der Waals surface area contributed by atoms with E-state index in [4.69, 9.17) is 13.9 Å². The molecule has 0 aliphatic heterocycles. The summed E-state index contributed by atoms with van der Waals surface area (Å²) in [5.74, 6) is 0.906. The summed E-state index contributed by atoms with van der Waals surface area (Å²) in [6, 6.07) is 11.8. The molecule has 0 unspecified atom stereocenters. The summed E-state index contributed by atoms with van der Waals surface area (Å²) in [6.07, 6.45) is 0. The van der Waals surface area contributed by atoms with Crippen LogP contribution in [0.15, 0.2) is 51.7 Å². The van der Waals surface area contributed by atoms with Gasteiger partial charge in [0.1, 0.15) is 17.1 Å². The van der Waals surface area contributed by atoms with Crippen LogP contribution in [-0.2, 0) is 0 Å². The quantitative estimate of drug-likeness (QED) is 0.804. The van der Waals surface area contributed by atoms with Gasteiger partial charge in [-0.25, -0.2) is 0 Å². The van der Waals surface area contributed by atoms with Crippen molar-refractivity contribution in [2.45, 2.75) is 0 Å². The van der Waals surface area contributed by atoms with Crippen LogP contribution in [0.1, 0.15) is 0 Å². The first-order valence-corrected chi connectivity index (χ1v) is 6.62. The van der Waals surface area contributed by atoms with Gasteiger partial charge in [-0.1, -0.05) is 0 Å². The molecule has 0 saturated heterocycles. The largest absolute Gasteiger partial charge is 0.502 e. The van der Waals surface area contributed by atoms with Gasteiger partial charge < -0.3 is 19.0 Å². The lowest BCUT2D eigenvalue weighted by molar-refractivity contribution is 0.414. The summed E-state index contributed by atoms with van der Waals surface area (Å²) in [7, 11) is 3.07. The molecule has 1 aromatic heterocycles. The van der Waals surface area contributed by atoms with Crippen LogP contribution in [0.5, 0.6) is 17.2 Å². The second-order valence-corrected chi connectivity index (χ2v) is 4.70. The van der Waals surface area contributed by atoms with Crippen molar-refractivity contribution in [2.75, 3.05) is 14.2 Å². The third-order valence-corrected chi connectivity index (χ3v) is 3.43. The maximum atomic E-state index is 12.3. The molecule has 22 heavy (non-hydrogen) atoms. The standard InChI is InChI=1S/C17H14O5/c1-20-11-5-3-10(4-6-11)17-16(19)15(18)13-9-12(21-2)7-8-14(13)22-17/h3-9,19H,1-2H3. The van der Waals surface area contributed by atoms with Crippen LogP contribution in [-0.4, -0.2) is 19.3 Å². The molecule has 0 saturated carbocycles. The summed E-state index contributed by atoms with van der Waals surface area (Å²) in [6.45, 7) is 0. The average Bonchev–Trinajstić information content (AvgIpc) is 2.58. The number of hydrogen-bond donors (Lipinski definition) is 1. The molecular formula is C17H14O5. The molecule has 0 bridgehead atoms. The van der Waals surface area contributed by atoms with Crippen LogP contribution in [0.4, 0.5) is 0 Å². The number of benzene rings is 2. The van der Waals surface area contributed by atoms with Crippen LogP contribution >= 0.6 is 0 Å². The van der Waals surface area contributed by atoms with Crippen LogP contribution in [0, 0.1) is 0 Å². The molecule has 0 atom stereocenters. The Bertz CT molecular complexity index is 878. The lowest BCUT2D eigenvalue weighted by Gasteiger charge is -2.07. The second-order valence-electron chi connectivity index (χ2n) is 4.70. The highest BCUT2D eigenvalue weighted by molar-refractivity contribution is 5.83. The Morgan fingerprint density at radius 2 is 1.59 bits per heavy atom. The van der Waals surface area contributed by atoms with Crippen molar-refractivity contribution < 1.29 is 19.0 Å². The number of ether oxygens (including phenoxy) is 2.